The molecule has 0 amide bonds. The van der Waals surface area contributed by atoms with Crippen molar-refractivity contribution in [2.45, 2.75) is 12.8 Å². The molecule has 1 N–H and O–H groups in total. The first-order valence-corrected chi connectivity index (χ1v) is 6.34. The van der Waals surface area contributed by atoms with Crippen LogP contribution in [0.4, 0.5) is 11.4 Å². The second-order valence-corrected chi connectivity index (χ2v) is 4.61. The van der Waals surface area contributed by atoms with E-state index in [1.54, 1.807) is 12.1 Å². The largest absolute Gasteiger partial charge is 0.490 e. The minimum Gasteiger partial charge on any atom is -0.490 e. The summed E-state index contributed by atoms with van der Waals surface area (Å²) in [6, 6.07) is 4.81. The van der Waals surface area contributed by atoms with Gasteiger partial charge in [0, 0.05) is 31.0 Å². The molecule has 1 saturated heterocycles. The number of rotatable bonds is 5. The Bertz CT molecular complexity index is 444. The van der Waals surface area contributed by atoms with Crippen LogP contribution in [0.25, 0.3) is 0 Å². The van der Waals surface area contributed by atoms with Gasteiger partial charge in [-0.25, -0.2) is 0 Å². The van der Waals surface area contributed by atoms with Crippen molar-refractivity contribution in [3.05, 3.63) is 28.3 Å². The summed E-state index contributed by atoms with van der Waals surface area (Å²) in [6.07, 6.45) is 2.24. The van der Waals surface area contributed by atoms with Crippen LogP contribution in [0, 0.1) is 16.0 Å². The van der Waals surface area contributed by atoms with Crippen LogP contribution in [0.3, 0.4) is 0 Å². The minimum absolute atomic E-state index is 0.0194. The normalized spacial score (nSPS) is 18.9. The van der Waals surface area contributed by atoms with Crippen LogP contribution >= 0.6 is 0 Å². The SMILES string of the molecule is COc1cc(NCC2CCCOC2)ccc1[N+](=O)[O-]. The maximum atomic E-state index is 10.8. The van der Waals surface area contributed by atoms with Crippen molar-refractivity contribution >= 4 is 11.4 Å². The number of ether oxygens (including phenoxy) is 2. The molecule has 1 heterocycles. The highest BCUT2D eigenvalue weighted by molar-refractivity contribution is 5.57. The third kappa shape index (κ3) is 3.57. The predicted octanol–water partition coefficient (Wildman–Crippen LogP) is 2.44. The van der Waals surface area contributed by atoms with Crippen molar-refractivity contribution in [3.63, 3.8) is 0 Å². The van der Waals surface area contributed by atoms with Gasteiger partial charge in [0.25, 0.3) is 0 Å². The first-order chi connectivity index (χ1) is 9.20. The number of nitro benzene ring substituents is 1. The maximum Gasteiger partial charge on any atom is 0.311 e. The topological polar surface area (TPSA) is 73.6 Å². The molecule has 0 spiro atoms. The van der Waals surface area contributed by atoms with Crippen LogP contribution in [0.2, 0.25) is 0 Å². The average molecular weight is 266 g/mol. The van der Waals surface area contributed by atoms with Gasteiger partial charge in [-0.15, -0.1) is 0 Å². The van der Waals surface area contributed by atoms with Gasteiger partial charge in [-0.2, -0.15) is 0 Å². The molecule has 0 radical (unpaired) electrons. The van der Waals surface area contributed by atoms with E-state index in [1.807, 2.05) is 0 Å². The summed E-state index contributed by atoms with van der Waals surface area (Å²) in [5.74, 6) is 0.768. The fourth-order valence-corrected chi connectivity index (χ4v) is 2.17. The number of anilines is 1. The molecule has 1 atom stereocenters. The first-order valence-electron chi connectivity index (χ1n) is 6.34. The lowest BCUT2D eigenvalue weighted by molar-refractivity contribution is -0.385. The number of hydrogen-bond acceptors (Lipinski definition) is 5. The monoisotopic (exact) mass is 266 g/mol. The summed E-state index contributed by atoms with van der Waals surface area (Å²) in [5, 5.41) is 14.1. The van der Waals surface area contributed by atoms with E-state index in [0.717, 1.165) is 38.3 Å². The summed E-state index contributed by atoms with van der Waals surface area (Å²) >= 11 is 0. The smallest absolute Gasteiger partial charge is 0.311 e. The molecule has 1 fully saturated rings. The molecular weight excluding hydrogens is 248 g/mol. The van der Waals surface area contributed by atoms with Crippen LogP contribution < -0.4 is 10.1 Å². The van der Waals surface area contributed by atoms with Gasteiger partial charge in [0.2, 0.25) is 0 Å². The van der Waals surface area contributed by atoms with Gasteiger partial charge in [0.05, 0.1) is 18.6 Å². The number of methoxy groups -OCH3 is 1. The van der Waals surface area contributed by atoms with Crippen LogP contribution in [-0.4, -0.2) is 31.8 Å². The number of nitro groups is 1. The van der Waals surface area contributed by atoms with Crippen molar-refractivity contribution < 1.29 is 14.4 Å². The van der Waals surface area contributed by atoms with Crippen molar-refractivity contribution in [1.82, 2.24) is 0 Å². The van der Waals surface area contributed by atoms with E-state index in [4.69, 9.17) is 9.47 Å². The Kier molecular flexibility index (Phi) is 4.57. The van der Waals surface area contributed by atoms with Gasteiger partial charge < -0.3 is 14.8 Å². The second-order valence-electron chi connectivity index (χ2n) is 4.61. The van der Waals surface area contributed by atoms with Crippen LogP contribution in [-0.2, 0) is 4.74 Å². The van der Waals surface area contributed by atoms with Gasteiger partial charge in [-0.3, -0.25) is 10.1 Å². The molecule has 104 valence electrons. The summed E-state index contributed by atoms with van der Waals surface area (Å²) < 4.78 is 10.4. The molecule has 19 heavy (non-hydrogen) atoms. The van der Waals surface area contributed by atoms with E-state index < -0.39 is 4.92 Å². The van der Waals surface area contributed by atoms with Crippen molar-refractivity contribution in [2.75, 3.05) is 32.2 Å². The van der Waals surface area contributed by atoms with Crippen LogP contribution in [0.1, 0.15) is 12.8 Å². The van der Waals surface area contributed by atoms with Gasteiger partial charge in [0.15, 0.2) is 5.75 Å². The Labute approximate surface area is 111 Å². The number of nitrogens with one attached hydrogen (secondary N) is 1. The summed E-state index contributed by atoms with van der Waals surface area (Å²) in [5.41, 5.74) is 0.807. The maximum absolute atomic E-state index is 10.8. The quantitative estimate of drug-likeness (QED) is 0.654. The number of benzene rings is 1. The third-order valence-electron chi connectivity index (χ3n) is 3.23. The Morgan fingerprint density at radius 1 is 1.58 bits per heavy atom. The van der Waals surface area contributed by atoms with Gasteiger partial charge in [-0.05, 0) is 24.8 Å². The molecule has 0 aliphatic carbocycles. The Balaban J connectivity index is 1.98. The molecule has 0 saturated carbocycles. The molecule has 0 bridgehead atoms. The molecule has 1 aliphatic rings. The van der Waals surface area contributed by atoms with Crippen molar-refractivity contribution in [2.24, 2.45) is 5.92 Å². The summed E-state index contributed by atoms with van der Waals surface area (Å²) in [7, 11) is 1.43. The van der Waals surface area contributed by atoms with Gasteiger partial charge >= 0.3 is 5.69 Å². The standard InChI is InChI=1S/C13H18N2O4/c1-18-13-7-11(4-5-12(13)15(16)17)14-8-10-3-2-6-19-9-10/h4-5,7,10,14H,2-3,6,8-9H2,1H3. The van der Waals surface area contributed by atoms with E-state index in [-0.39, 0.29) is 11.4 Å². The zero-order valence-electron chi connectivity index (χ0n) is 10.9. The molecule has 1 aliphatic heterocycles. The van der Waals surface area contributed by atoms with E-state index in [0.29, 0.717) is 5.92 Å². The highest BCUT2D eigenvalue weighted by Crippen LogP contribution is 2.29. The first kappa shape index (κ1) is 13.6. The zero-order chi connectivity index (χ0) is 13.7. The molecular formula is C13H18N2O4. The number of hydrogen-bond donors (Lipinski definition) is 1. The Morgan fingerprint density at radius 3 is 3.05 bits per heavy atom. The highest BCUT2D eigenvalue weighted by Gasteiger charge is 2.16. The van der Waals surface area contributed by atoms with Crippen molar-refractivity contribution in [3.8, 4) is 5.75 Å². The third-order valence-corrected chi connectivity index (χ3v) is 3.23. The van der Waals surface area contributed by atoms with E-state index in [1.165, 1.54) is 13.2 Å². The molecule has 1 aromatic rings. The van der Waals surface area contributed by atoms with Gasteiger partial charge in [-0.1, -0.05) is 0 Å². The van der Waals surface area contributed by atoms with Crippen LogP contribution in [0.5, 0.6) is 5.75 Å². The number of nitrogens with zero attached hydrogens (tertiary/aromatic N) is 1. The minimum atomic E-state index is -0.447. The molecule has 2 rings (SSSR count). The molecule has 6 nitrogen and oxygen atoms in total. The molecule has 1 aromatic carbocycles. The fraction of sp³-hybridized carbons (Fsp3) is 0.538. The molecule has 6 heteroatoms. The van der Waals surface area contributed by atoms with E-state index >= 15 is 0 Å². The summed E-state index contributed by atoms with van der Waals surface area (Å²) in [6.45, 7) is 2.43. The Morgan fingerprint density at radius 2 is 2.42 bits per heavy atom. The van der Waals surface area contributed by atoms with Crippen molar-refractivity contribution in [1.29, 1.82) is 0 Å². The Hall–Kier alpha value is -1.82. The fourth-order valence-electron chi connectivity index (χ4n) is 2.17. The lowest BCUT2D eigenvalue weighted by Gasteiger charge is -2.22. The average Bonchev–Trinajstić information content (AvgIpc) is 2.45. The zero-order valence-corrected chi connectivity index (χ0v) is 10.9. The second kappa shape index (κ2) is 6.38. The molecule has 1 unspecified atom stereocenters. The lowest BCUT2D eigenvalue weighted by atomic mass is 10.0. The van der Waals surface area contributed by atoms with Crippen LogP contribution in [0.15, 0.2) is 18.2 Å². The summed E-state index contributed by atoms with van der Waals surface area (Å²) in [4.78, 5) is 10.3. The highest BCUT2D eigenvalue weighted by atomic mass is 16.6. The van der Waals surface area contributed by atoms with Gasteiger partial charge in [0.1, 0.15) is 0 Å². The molecule has 0 aromatic heterocycles. The predicted molar refractivity (Wildman–Crippen MR) is 71.7 cm³/mol. The van der Waals surface area contributed by atoms with E-state index in [9.17, 15) is 10.1 Å². The van der Waals surface area contributed by atoms with E-state index in [2.05, 4.69) is 5.32 Å². The lowest BCUT2D eigenvalue weighted by Crippen LogP contribution is -2.24.